The van der Waals surface area contributed by atoms with E-state index in [-0.39, 0.29) is 6.04 Å². The zero-order chi connectivity index (χ0) is 11.4. The van der Waals surface area contributed by atoms with Gasteiger partial charge in [0, 0.05) is 16.7 Å². The lowest BCUT2D eigenvalue weighted by Gasteiger charge is -2.14. The van der Waals surface area contributed by atoms with E-state index in [4.69, 9.17) is 5.73 Å². The largest absolute Gasteiger partial charge is 0.327 e. The minimum Gasteiger partial charge on any atom is -0.327 e. The minimum absolute atomic E-state index is 0.0723. The second-order valence-electron chi connectivity index (χ2n) is 3.79. The molecule has 0 fully saturated rings. The fourth-order valence-electron chi connectivity index (χ4n) is 0.952. The van der Waals surface area contributed by atoms with Gasteiger partial charge in [0.1, 0.15) is 0 Å². The molecule has 15 heavy (non-hydrogen) atoms. The number of nitrogens with two attached hydrogens (primary N) is 1. The van der Waals surface area contributed by atoms with Crippen molar-refractivity contribution in [2.45, 2.75) is 24.8 Å². The van der Waals surface area contributed by atoms with Gasteiger partial charge in [-0.1, -0.05) is 13.8 Å². The standard InChI is InChI=1S/C11H15F2NS/c1-7(2)11(14)6-15-8-3-4-9(12)10(13)5-8/h3-5,7,11H,6,14H2,1-2H3. The van der Waals surface area contributed by atoms with Crippen molar-refractivity contribution in [3.8, 4) is 0 Å². The molecule has 0 saturated carbocycles. The highest BCUT2D eigenvalue weighted by atomic mass is 32.2. The van der Waals surface area contributed by atoms with Crippen molar-refractivity contribution in [2.75, 3.05) is 5.75 Å². The molecule has 1 aromatic rings. The molecule has 4 heteroatoms. The van der Waals surface area contributed by atoms with Crippen LogP contribution in [-0.4, -0.2) is 11.8 Å². The first-order valence-corrected chi connectivity index (χ1v) is 5.82. The Balaban J connectivity index is 2.55. The van der Waals surface area contributed by atoms with Gasteiger partial charge >= 0.3 is 0 Å². The van der Waals surface area contributed by atoms with Gasteiger partial charge < -0.3 is 5.73 Å². The van der Waals surface area contributed by atoms with Gasteiger partial charge in [-0.25, -0.2) is 8.78 Å². The summed E-state index contributed by atoms with van der Waals surface area (Å²) in [4.78, 5) is 0.713. The maximum Gasteiger partial charge on any atom is 0.159 e. The third-order valence-electron chi connectivity index (χ3n) is 2.19. The highest BCUT2D eigenvalue weighted by Gasteiger charge is 2.09. The van der Waals surface area contributed by atoms with Crippen LogP contribution in [0.4, 0.5) is 8.78 Å². The maximum absolute atomic E-state index is 12.8. The molecule has 0 bridgehead atoms. The average molecular weight is 231 g/mol. The molecule has 2 N–H and O–H groups in total. The Morgan fingerprint density at radius 3 is 2.47 bits per heavy atom. The minimum atomic E-state index is -0.812. The third-order valence-corrected chi connectivity index (χ3v) is 3.33. The molecule has 0 spiro atoms. The summed E-state index contributed by atoms with van der Waals surface area (Å²) in [6, 6.07) is 3.98. The zero-order valence-corrected chi connectivity index (χ0v) is 9.65. The van der Waals surface area contributed by atoms with E-state index in [2.05, 4.69) is 0 Å². The number of benzene rings is 1. The van der Waals surface area contributed by atoms with Crippen molar-refractivity contribution in [2.24, 2.45) is 11.7 Å². The van der Waals surface area contributed by atoms with Crippen LogP contribution in [0.1, 0.15) is 13.8 Å². The van der Waals surface area contributed by atoms with Gasteiger partial charge in [-0.3, -0.25) is 0 Å². The van der Waals surface area contributed by atoms with E-state index in [0.29, 0.717) is 16.6 Å². The van der Waals surface area contributed by atoms with Crippen LogP contribution in [0.25, 0.3) is 0 Å². The summed E-state index contributed by atoms with van der Waals surface area (Å²) in [5.74, 6) is -0.517. The zero-order valence-electron chi connectivity index (χ0n) is 8.84. The molecule has 0 aliphatic carbocycles. The molecule has 1 aromatic carbocycles. The summed E-state index contributed by atoms with van der Waals surface area (Å²) in [6.45, 7) is 4.08. The molecule has 0 aliphatic rings. The van der Waals surface area contributed by atoms with Crippen LogP contribution in [-0.2, 0) is 0 Å². The molecule has 1 atom stereocenters. The van der Waals surface area contributed by atoms with Crippen molar-refractivity contribution in [1.82, 2.24) is 0 Å². The Morgan fingerprint density at radius 1 is 1.27 bits per heavy atom. The lowest BCUT2D eigenvalue weighted by atomic mass is 10.1. The third kappa shape index (κ3) is 3.80. The first kappa shape index (κ1) is 12.5. The molecule has 1 nitrogen and oxygen atoms in total. The topological polar surface area (TPSA) is 26.0 Å². The highest BCUT2D eigenvalue weighted by molar-refractivity contribution is 7.99. The Hall–Kier alpha value is -0.610. The predicted molar refractivity (Wildman–Crippen MR) is 59.9 cm³/mol. The number of thioether (sulfide) groups is 1. The summed E-state index contributed by atoms with van der Waals surface area (Å²) >= 11 is 1.45. The molecule has 0 saturated heterocycles. The van der Waals surface area contributed by atoms with E-state index in [1.807, 2.05) is 13.8 Å². The molecule has 1 unspecified atom stereocenters. The molecule has 0 aliphatic heterocycles. The molecule has 1 rings (SSSR count). The second-order valence-corrected chi connectivity index (χ2v) is 4.89. The molecule has 0 radical (unpaired) electrons. The van der Waals surface area contributed by atoms with Gasteiger partial charge in [0.2, 0.25) is 0 Å². The van der Waals surface area contributed by atoms with Crippen LogP contribution in [0.3, 0.4) is 0 Å². The van der Waals surface area contributed by atoms with E-state index < -0.39 is 11.6 Å². The van der Waals surface area contributed by atoms with E-state index in [1.54, 1.807) is 6.07 Å². The van der Waals surface area contributed by atoms with Crippen LogP contribution < -0.4 is 5.73 Å². The van der Waals surface area contributed by atoms with Crippen molar-refractivity contribution in [3.05, 3.63) is 29.8 Å². The number of hydrogen-bond donors (Lipinski definition) is 1. The van der Waals surface area contributed by atoms with Crippen LogP contribution in [0.15, 0.2) is 23.1 Å². The fourth-order valence-corrected chi connectivity index (χ4v) is 2.07. The van der Waals surface area contributed by atoms with Crippen LogP contribution in [0, 0.1) is 17.6 Å². The van der Waals surface area contributed by atoms with Gasteiger partial charge in [0.05, 0.1) is 0 Å². The summed E-state index contributed by atoms with van der Waals surface area (Å²) in [7, 11) is 0. The van der Waals surface area contributed by atoms with E-state index in [1.165, 1.54) is 17.8 Å². The van der Waals surface area contributed by atoms with Crippen LogP contribution in [0.5, 0.6) is 0 Å². The quantitative estimate of drug-likeness (QED) is 0.806. The number of halogens is 2. The average Bonchev–Trinajstić information content (AvgIpc) is 2.19. The Kier molecular flexibility index (Phi) is 4.54. The van der Waals surface area contributed by atoms with Gasteiger partial charge in [0.25, 0.3) is 0 Å². The lowest BCUT2D eigenvalue weighted by molar-refractivity contribution is 0.505. The Bertz CT molecular complexity index is 328. The first-order chi connectivity index (χ1) is 7.00. The molecule has 0 aromatic heterocycles. The smallest absolute Gasteiger partial charge is 0.159 e. The molecule has 0 heterocycles. The summed E-state index contributed by atoms with van der Waals surface area (Å²) in [5, 5.41) is 0. The van der Waals surface area contributed by atoms with Gasteiger partial charge in [0.15, 0.2) is 11.6 Å². The van der Waals surface area contributed by atoms with Crippen molar-refractivity contribution in [3.63, 3.8) is 0 Å². The van der Waals surface area contributed by atoms with Crippen molar-refractivity contribution >= 4 is 11.8 Å². The van der Waals surface area contributed by atoms with E-state index in [9.17, 15) is 8.78 Å². The number of rotatable bonds is 4. The second kappa shape index (κ2) is 5.47. The molecule has 84 valence electrons. The maximum atomic E-state index is 12.8. The van der Waals surface area contributed by atoms with Crippen molar-refractivity contribution in [1.29, 1.82) is 0 Å². The van der Waals surface area contributed by atoms with Gasteiger partial charge in [-0.2, -0.15) is 0 Å². The van der Waals surface area contributed by atoms with Crippen LogP contribution >= 0.6 is 11.8 Å². The SMILES string of the molecule is CC(C)C(N)CSc1ccc(F)c(F)c1. The van der Waals surface area contributed by atoms with E-state index >= 15 is 0 Å². The summed E-state index contributed by atoms with van der Waals surface area (Å²) < 4.78 is 25.5. The van der Waals surface area contributed by atoms with E-state index in [0.717, 1.165) is 6.07 Å². The lowest BCUT2D eigenvalue weighted by Crippen LogP contribution is -2.28. The van der Waals surface area contributed by atoms with Crippen molar-refractivity contribution < 1.29 is 8.78 Å². The summed E-state index contributed by atoms with van der Waals surface area (Å²) in [6.07, 6.45) is 0. The normalized spacial score (nSPS) is 13.2. The predicted octanol–water partition coefficient (Wildman–Crippen LogP) is 3.04. The Morgan fingerprint density at radius 2 is 1.93 bits per heavy atom. The monoisotopic (exact) mass is 231 g/mol. The van der Waals surface area contributed by atoms with Crippen LogP contribution in [0.2, 0.25) is 0 Å². The number of hydrogen-bond acceptors (Lipinski definition) is 2. The fraction of sp³-hybridized carbons (Fsp3) is 0.455. The molecular formula is C11H15F2NS. The Labute approximate surface area is 93.1 Å². The summed E-state index contributed by atoms with van der Waals surface area (Å²) in [5.41, 5.74) is 5.84. The highest BCUT2D eigenvalue weighted by Crippen LogP contribution is 2.21. The first-order valence-electron chi connectivity index (χ1n) is 4.84. The molecular weight excluding hydrogens is 216 g/mol. The van der Waals surface area contributed by atoms with Gasteiger partial charge in [-0.15, -0.1) is 11.8 Å². The molecule has 0 amide bonds. The van der Waals surface area contributed by atoms with Gasteiger partial charge in [-0.05, 0) is 24.1 Å².